The number of ether oxygens (including phenoxy) is 3. The van der Waals surface area contributed by atoms with E-state index in [9.17, 15) is 18.0 Å². The number of alkyl halides is 3. The van der Waals surface area contributed by atoms with E-state index >= 15 is 0 Å². The number of carbonyl (C=O) groups is 1. The van der Waals surface area contributed by atoms with E-state index in [1.165, 1.54) is 23.1 Å². The van der Waals surface area contributed by atoms with Crippen molar-refractivity contribution in [3.63, 3.8) is 0 Å². The van der Waals surface area contributed by atoms with Crippen LogP contribution < -0.4 is 19.1 Å². The van der Waals surface area contributed by atoms with Gasteiger partial charge in [0, 0.05) is 24.4 Å². The summed E-state index contributed by atoms with van der Waals surface area (Å²) in [5, 5.41) is 2.98. The number of carbonyl (C=O) groups excluding carboxylic acids is 1. The molecular formula is C22H19ClF3N3O4. The van der Waals surface area contributed by atoms with Crippen LogP contribution in [0.25, 0.3) is 5.69 Å². The first-order valence-corrected chi connectivity index (χ1v) is 10.2. The largest absolute Gasteiger partial charge is 0.474 e. The Morgan fingerprint density at radius 2 is 1.91 bits per heavy atom. The molecule has 0 N–H and O–H groups in total. The van der Waals surface area contributed by atoms with Crippen LogP contribution in [0.2, 0.25) is 5.02 Å². The predicted octanol–water partition coefficient (Wildman–Crippen LogP) is 5.34. The molecule has 0 aliphatic carbocycles. The number of halogens is 4. The average Bonchev–Trinajstić information content (AvgIpc) is 3.36. The van der Waals surface area contributed by atoms with Gasteiger partial charge in [0.05, 0.1) is 11.8 Å². The third kappa shape index (κ3) is 4.43. The van der Waals surface area contributed by atoms with Crippen LogP contribution in [0.3, 0.4) is 0 Å². The maximum Gasteiger partial charge on any atom is 0.436 e. The number of amides is 1. The first-order chi connectivity index (χ1) is 15.6. The lowest BCUT2D eigenvalue weighted by molar-refractivity contribution is -0.141. The lowest BCUT2D eigenvalue weighted by atomic mass is 10.1. The van der Waals surface area contributed by atoms with Gasteiger partial charge in [0.15, 0.2) is 17.2 Å². The molecule has 0 spiro atoms. The number of hydrogen-bond donors (Lipinski definition) is 0. The fourth-order valence-electron chi connectivity index (χ4n) is 3.24. The summed E-state index contributed by atoms with van der Waals surface area (Å²) in [5.41, 5.74) is -0.301. The van der Waals surface area contributed by atoms with Gasteiger partial charge in [-0.1, -0.05) is 17.7 Å². The number of hydrogen-bond acceptors (Lipinski definition) is 5. The minimum absolute atomic E-state index is 0.103. The molecular weight excluding hydrogens is 463 g/mol. The molecule has 33 heavy (non-hydrogen) atoms. The smallest absolute Gasteiger partial charge is 0.436 e. The van der Waals surface area contributed by atoms with Gasteiger partial charge >= 0.3 is 6.18 Å². The van der Waals surface area contributed by atoms with Crippen LogP contribution in [-0.2, 0) is 6.18 Å². The van der Waals surface area contributed by atoms with Gasteiger partial charge in [-0.05, 0) is 44.2 Å². The molecule has 4 rings (SSSR count). The standard InChI is InChI=1S/C22H19ClF3N3O4/c1-12(2)33-21-18(23)19(22(24,25)26)27-29(21)15-6-4-5-13(9-15)20(30)28(3)14-7-8-16-17(10-14)32-11-31-16/h4-10,12H,11H2,1-3H3. The fourth-order valence-corrected chi connectivity index (χ4v) is 3.51. The van der Waals surface area contributed by atoms with Crippen molar-refractivity contribution in [2.75, 3.05) is 18.7 Å². The first-order valence-electron chi connectivity index (χ1n) is 9.86. The minimum Gasteiger partial charge on any atom is -0.474 e. The molecule has 1 aliphatic rings. The van der Waals surface area contributed by atoms with Gasteiger partial charge in [0.2, 0.25) is 12.7 Å². The molecule has 1 aliphatic heterocycles. The van der Waals surface area contributed by atoms with Crippen molar-refractivity contribution in [1.29, 1.82) is 0 Å². The van der Waals surface area contributed by atoms with E-state index in [2.05, 4.69) is 5.10 Å². The number of aromatic nitrogens is 2. The highest BCUT2D eigenvalue weighted by atomic mass is 35.5. The zero-order valence-corrected chi connectivity index (χ0v) is 18.6. The van der Waals surface area contributed by atoms with Crippen molar-refractivity contribution >= 4 is 23.2 Å². The first kappa shape index (κ1) is 22.8. The number of fused-ring (bicyclic) bond motifs is 1. The Morgan fingerprint density at radius 1 is 1.18 bits per heavy atom. The third-order valence-corrected chi connectivity index (χ3v) is 5.13. The highest BCUT2D eigenvalue weighted by molar-refractivity contribution is 6.32. The summed E-state index contributed by atoms with van der Waals surface area (Å²) in [5.74, 6) is 0.446. The number of benzene rings is 2. The second-order valence-corrected chi connectivity index (χ2v) is 7.87. The molecule has 2 heterocycles. The molecule has 1 aromatic heterocycles. The lowest BCUT2D eigenvalue weighted by Crippen LogP contribution is -2.26. The normalized spacial score (nSPS) is 12.8. The molecule has 3 aromatic rings. The van der Waals surface area contributed by atoms with Crippen LogP contribution in [0.15, 0.2) is 42.5 Å². The molecule has 0 atom stereocenters. The summed E-state index contributed by atoms with van der Waals surface area (Å²) in [6.07, 6.45) is -5.23. The van der Waals surface area contributed by atoms with Crippen LogP contribution in [0.5, 0.6) is 17.4 Å². The molecule has 7 nitrogen and oxygen atoms in total. The van der Waals surface area contributed by atoms with Crippen molar-refractivity contribution in [2.24, 2.45) is 0 Å². The SMILES string of the molecule is CC(C)Oc1c(Cl)c(C(F)(F)F)nn1-c1cccc(C(=O)N(C)c2ccc3c(c2)OCO3)c1. The minimum atomic E-state index is -4.77. The van der Waals surface area contributed by atoms with E-state index < -0.39 is 28.9 Å². The summed E-state index contributed by atoms with van der Waals surface area (Å²) in [7, 11) is 1.58. The summed E-state index contributed by atoms with van der Waals surface area (Å²) in [6, 6.07) is 11.1. The van der Waals surface area contributed by atoms with Gasteiger partial charge in [0.25, 0.3) is 5.91 Å². The predicted molar refractivity (Wildman–Crippen MR) is 115 cm³/mol. The van der Waals surface area contributed by atoms with Gasteiger partial charge in [-0.3, -0.25) is 4.79 Å². The highest BCUT2D eigenvalue weighted by Crippen LogP contribution is 2.41. The Kier molecular flexibility index (Phi) is 5.87. The van der Waals surface area contributed by atoms with Crippen molar-refractivity contribution in [1.82, 2.24) is 9.78 Å². The maximum atomic E-state index is 13.4. The Labute approximate surface area is 192 Å². The molecule has 1 amide bonds. The van der Waals surface area contributed by atoms with Crippen molar-refractivity contribution in [3.05, 3.63) is 58.7 Å². The van der Waals surface area contributed by atoms with Crippen molar-refractivity contribution in [3.8, 4) is 23.1 Å². The van der Waals surface area contributed by atoms with Crippen LogP contribution in [0, 0.1) is 0 Å². The fraction of sp³-hybridized carbons (Fsp3) is 0.273. The quantitative estimate of drug-likeness (QED) is 0.492. The summed E-state index contributed by atoms with van der Waals surface area (Å²) in [6.45, 7) is 3.41. The van der Waals surface area contributed by atoms with Crippen LogP contribution >= 0.6 is 11.6 Å². The van der Waals surface area contributed by atoms with Gasteiger partial charge < -0.3 is 19.1 Å². The average molecular weight is 482 g/mol. The Morgan fingerprint density at radius 3 is 2.61 bits per heavy atom. The monoisotopic (exact) mass is 481 g/mol. The van der Waals surface area contributed by atoms with E-state index in [0.717, 1.165) is 4.68 Å². The van der Waals surface area contributed by atoms with Crippen LogP contribution in [0.1, 0.15) is 29.9 Å². The topological polar surface area (TPSA) is 65.8 Å². The summed E-state index contributed by atoms with van der Waals surface area (Å²) < 4.78 is 57.3. The van der Waals surface area contributed by atoms with Crippen LogP contribution in [-0.4, -0.2) is 35.6 Å². The summed E-state index contributed by atoms with van der Waals surface area (Å²) >= 11 is 5.96. The maximum absolute atomic E-state index is 13.4. The van der Waals surface area contributed by atoms with E-state index in [-0.39, 0.29) is 23.9 Å². The molecule has 11 heteroatoms. The number of nitrogens with zero attached hydrogens (tertiary/aromatic N) is 3. The second kappa shape index (κ2) is 8.51. The molecule has 0 saturated carbocycles. The lowest BCUT2D eigenvalue weighted by Gasteiger charge is -2.18. The Balaban J connectivity index is 1.70. The van der Waals surface area contributed by atoms with Gasteiger partial charge in [-0.25, -0.2) is 0 Å². The molecule has 2 aromatic carbocycles. The molecule has 0 radical (unpaired) electrons. The molecule has 0 unspecified atom stereocenters. The molecule has 0 fully saturated rings. The van der Waals surface area contributed by atoms with Crippen LogP contribution in [0.4, 0.5) is 18.9 Å². The van der Waals surface area contributed by atoms with Gasteiger partial charge in [-0.15, -0.1) is 0 Å². The Hall–Kier alpha value is -3.40. The molecule has 0 bridgehead atoms. The number of anilines is 1. The third-order valence-electron chi connectivity index (χ3n) is 4.79. The molecule has 0 saturated heterocycles. The van der Waals surface area contributed by atoms with Gasteiger partial charge in [-0.2, -0.15) is 23.0 Å². The van der Waals surface area contributed by atoms with Gasteiger partial charge in [0.1, 0.15) is 5.02 Å². The van der Waals surface area contributed by atoms with E-state index in [1.807, 2.05) is 0 Å². The van der Waals surface area contributed by atoms with E-state index in [0.29, 0.717) is 17.2 Å². The summed E-state index contributed by atoms with van der Waals surface area (Å²) in [4.78, 5) is 14.5. The van der Waals surface area contributed by atoms with Crippen molar-refractivity contribution < 1.29 is 32.2 Å². The van der Waals surface area contributed by atoms with E-state index in [4.69, 9.17) is 25.8 Å². The van der Waals surface area contributed by atoms with Crippen molar-refractivity contribution in [2.45, 2.75) is 26.1 Å². The Bertz CT molecular complexity index is 1210. The van der Waals surface area contributed by atoms with E-state index in [1.54, 1.807) is 45.2 Å². The second-order valence-electron chi connectivity index (χ2n) is 7.50. The zero-order chi connectivity index (χ0) is 23.9. The zero-order valence-electron chi connectivity index (χ0n) is 17.8. The highest BCUT2D eigenvalue weighted by Gasteiger charge is 2.40. The molecule has 174 valence electrons. The number of rotatable bonds is 5.